The summed E-state index contributed by atoms with van der Waals surface area (Å²) in [7, 11) is 0. The van der Waals surface area contributed by atoms with Gasteiger partial charge in [0.2, 0.25) is 5.91 Å². The topological polar surface area (TPSA) is 147 Å². The van der Waals surface area contributed by atoms with Gasteiger partial charge in [-0.25, -0.2) is 9.78 Å². The third-order valence-corrected chi connectivity index (χ3v) is 6.12. The highest BCUT2D eigenvalue weighted by Crippen LogP contribution is 2.38. The molecule has 0 aliphatic heterocycles. The normalized spacial score (nSPS) is 10.9. The molecule has 4 N–H and O–H groups in total. The van der Waals surface area contributed by atoms with Crippen molar-refractivity contribution in [3.63, 3.8) is 0 Å². The van der Waals surface area contributed by atoms with Crippen molar-refractivity contribution in [3.8, 4) is 34.2 Å². The number of carbonyl (C=O) groups is 3. The van der Waals surface area contributed by atoms with Crippen LogP contribution in [0.25, 0.3) is 22.4 Å². The lowest BCUT2D eigenvalue weighted by atomic mass is 9.97. The zero-order valence-electron chi connectivity index (χ0n) is 22.0. The Morgan fingerprint density at radius 3 is 2.37 bits per heavy atom. The number of anilines is 2. The molecule has 1 aromatic heterocycles. The molecule has 4 aromatic rings. The fourth-order valence-corrected chi connectivity index (χ4v) is 4.11. The van der Waals surface area contributed by atoms with Gasteiger partial charge in [-0.2, -0.15) is 18.4 Å². The maximum absolute atomic E-state index is 13.1. The van der Waals surface area contributed by atoms with E-state index in [4.69, 9.17) is 17.3 Å². The van der Waals surface area contributed by atoms with Crippen LogP contribution in [0.3, 0.4) is 0 Å². The Bertz CT molecular complexity index is 1740. The summed E-state index contributed by atoms with van der Waals surface area (Å²) in [5.74, 6) is -4.21. The van der Waals surface area contributed by atoms with Gasteiger partial charge in [0.15, 0.2) is 5.82 Å². The largest absolute Gasteiger partial charge is 0.491 e. The molecule has 3 aromatic carbocycles. The van der Waals surface area contributed by atoms with Crippen molar-refractivity contribution in [1.82, 2.24) is 4.98 Å². The number of esters is 1. The summed E-state index contributed by atoms with van der Waals surface area (Å²) in [6, 6.07) is 21.5. The second-order valence-electron chi connectivity index (χ2n) is 8.91. The van der Waals surface area contributed by atoms with Crippen molar-refractivity contribution in [1.29, 1.82) is 5.26 Å². The number of nitriles is 1. The molecular weight excluding hydrogens is 587 g/mol. The Balaban J connectivity index is 1.91. The van der Waals surface area contributed by atoms with Gasteiger partial charge in [0.05, 0.1) is 5.69 Å². The second kappa shape index (κ2) is 13.2. The van der Waals surface area contributed by atoms with E-state index in [9.17, 15) is 32.8 Å². The standard InChI is InChI=1S/C30H21ClF3N5O4/c31-19-9-10-21(25(14-19)43-29(42)30(32,33)34)24-15-22(18-7-4-8-20(13-18)37-26(40)11-12-35)23(16-36)27(38-24)39-28(41)17-5-2-1-3-6-17/h1-10,13-15H,11-12,35H2,(H,37,40)(H,38,39,41). The van der Waals surface area contributed by atoms with Crippen molar-refractivity contribution < 1.29 is 32.3 Å². The number of hydrogen-bond acceptors (Lipinski definition) is 7. The summed E-state index contributed by atoms with van der Waals surface area (Å²) in [6.07, 6.45) is -5.23. The number of alkyl halides is 3. The Morgan fingerprint density at radius 2 is 1.70 bits per heavy atom. The van der Waals surface area contributed by atoms with Crippen LogP contribution >= 0.6 is 11.6 Å². The summed E-state index contributed by atoms with van der Waals surface area (Å²) in [5.41, 5.74) is 6.43. The van der Waals surface area contributed by atoms with E-state index >= 15 is 0 Å². The second-order valence-corrected chi connectivity index (χ2v) is 9.34. The molecule has 0 spiro atoms. The number of aromatic nitrogens is 1. The number of nitrogens with zero attached hydrogens (tertiary/aromatic N) is 2. The average molecular weight is 608 g/mol. The maximum atomic E-state index is 13.1. The number of halogens is 4. The quantitative estimate of drug-likeness (QED) is 0.166. The minimum atomic E-state index is -5.30. The molecule has 13 heteroatoms. The van der Waals surface area contributed by atoms with Crippen LogP contribution in [0.1, 0.15) is 22.3 Å². The Hall–Kier alpha value is -5.25. The van der Waals surface area contributed by atoms with Gasteiger partial charge in [-0.3, -0.25) is 9.59 Å². The highest BCUT2D eigenvalue weighted by atomic mass is 35.5. The summed E-state index contributed by atoms with van der Waals surface area (Å²) in [5, 5.41) is 15.4. The molecule has 0 fully saturated rings. The zero-order chi connectivity index (χ0) is 31.1. The molecule has 0 unspecified atom stereocenters. The van der Waals surface area contributed by atoms with Crippen LogP contribution in [-0.4, -0.2) is 35.5 Å². The number of benzene rings is 3. The third kappa shape index (κ3) is 7.53. The zero-order valence-corrected chi connectivity index (χ0v) is 22.8. The SMILES string of the molecule is N#Cc1c(-c2cccc(NC(=O)CCN)c2)cc(-c2ccc(Cl)cc2OC(=O)C(F)(F)F)nc1NC(=O)c1ccccc1. The van der Waals surface area contributed by atoms with Crippen molar-refractivity contribution in [2.45, 2.75) is 12.6 Å². The highest BCUT2D eigenvalue weighted by Gasteiger charge is 2.41. The van der Waals surface area contributed by atoms with E-state index in [0.29, 0.717) is 11.3 Å². The third-order valence-electron chi connectivity index (χ3n) is 5.88. The van der Waals surface area contributed by atoms with E-state index in [1.165, 1.54) is 30.3 Å². The number of amides is 2. The summed E-state index contributed by atoms with van der Waals surface area (Å²) < 4.78 is 43.8. The first kappa shape index (κ1) is 30.7. The molecule has 0 aliphatic carbocycles. The number of pyridine rings is 1. The van der Waals surface area contributed by atoms with E-state index in [1.54, 1.807) is 42.5 Å². The first-order valence-electron chi connectivity index (χ1n) is 12.5. The van der Waals surface area contributed by atoms with Gasteiger partial charge in [0, 0.05) is 46.4 Å². The van der Waals surface area contributed by atoms with Gasteiger partial charge in [-0.05, 0) is 48.0 Å². The number of hydrogen-bond donors (Lipinski definition) is 3. The van der Waals surface area contributed by atoms with Crippen LogP contribution in [0, 0.1) is 11.3 Å². The smallest absolute Gasteiger partial charge is 0.419 e. The Kier molecular flexibility index (Phi) is 9.39. The Morgan fingerprint density at radius 1 is 0.953 bits per heavy atom. The van der Waals surface area contributed by atoms with Crippen molar-refractivity contribution in [3.05, 3.63) is 95.0 Å². The van der Waals surface area contributed by atoms with Crippen LogP contribution in [0.15, 0.2) is 78.9 Å². The summed E-state index contributed by atoms with van der Waals surface area (Å²) in [6.45, 7) is 0.130. The minimum Gasteiger partial charge on any atom is -0.419 e. The average Bonchev–Trinajstić information content (AvgIpc) is 2.97. The monoisotopic (exact) mass is 607 g/mol. The van der Waals surface area contributed by atoms with Crippen molar-refractivity contribution in [2.75, 3.05) is 17.2 Å². The van der Waals surface area contributed by atoms with E-state index < -0.39 is 23.8 Å². The van der Waals surface area contributed by atoms with E-state index in [-0.39, 0.29) is 57.7 Å². The molecule has 2 amide bonds. The minimum absolute atomic E-state index is 0.0267. The van der Waals surface area contributed by atoms with Gasteiger partial charge in [-0.15, -0.1) is 0 Å². The van der Waals surface area contributed by atoms with E-state index in [0.717, 1.165) is 6.07 Å². The van der Waals surface area contributed by atoms with Crippen molar-refractivity contribution >= 4 is 40.9 Å². The summed E-state index contributed by atoms with van der Waals surface area (Å²) >= 11 is 5.99. The number of ether oxygens (including phenoxy) is 1. The first-order chi connectivity index (χ1) is 20.5. The molecule has 0 saturated carbocycles. The number of nitrogens with two attached hydrogens (primary N) is 1. The number of carbonyl (C=O) groups excluding carboxylic acids is 3. The highest BCUT2D eigenvalue weighted by molar-refractivity contribution is 6.30. The molecule has 0 aliphatic rings. The fraction of sp³-hybridized carbons (Fsp3) is 0.100. The number of rotatable bonds is 8. The molecular formula is C30H21ClF3N5O4. The maximum Gasteiger partial charge on any atom is 0.491 e. The van der Waals surface area contributed by atoms with Gasteiger partial charge in [0.25, 0.3) is 5.91 Å². The molecule has 1 heterocycles. The van der Waals surface area contributed by atoms with Crippen molar-refractivity contribution in [2.24, 2.45) is 5.73 Å². The van der Waals surface area contributed by atoms with E-state index in [1.807, 2.05) is 6.07 Å². The Labute approximate surface area is 248 Å². The van der Waals surface area contributed by atoms with Gasteiger partial charge in [-0.1, -0.05) is 41.9 Å². The molecule has 0 bridgehead atoms. The van der Waals surface area contributed by atoms with Crippen LogP contribution in [0.4, 0.5) is 24.7 Å². The molecule has 9 nitrogen and oxygen atoms in total. The first-order valence-corrected chi connectivity index (χ1v) is 12.9. The van der Waals surface area contributed by atoms with Crippen LogP contribution < -0.4 is 21.1 Å². The lowest BCUT2D eigenvalue weighted by Gasteiger charge is -2.16. The van der Waals surface area contributed by atoms with Gasteiger partial charge < -0.3 is 21.1 Å². The molecule has 43 heavy (non-hydrogen) atoms. The molecule has 218 valence electrons. The lowest BCUT2D eigenvalue weighted by Crippen LogP contribution is -2.28. The predicted octanol–water partition coefficient (Wildman–Crippen LogP) is 5.95. The molecule has 0 radical (unpaired) electrons. The predicted molar refractivity (Wildman–Crippen MR) is 153 cm³/mol. The van der Waals surface area contributed by atoms with Gasteiger partial charge in [0.1, 0.15) is 17.4 Å². The molecule has 0 saturated heterocycles. The number of nitrogens with one attached hydrogen (secondary N) is 2. The molecule has 0 atom stereocenters. The summed E-state index contributed by atoms with van der Waals surface area (Å²) in [4.78, 5) is 41.2. The lowest BCUT2D eigenvalue weighted by molar-refractivity contribution is -0.189. The van der Waals surface area contributed by atoms with Crippen LogP contribution in [0.2, 0.25) is 5.02 Å². The van der Waals surface area contributed by atoms with Crippen LogP contribution in [0.5, 0.6) is 5.75 Å². The van der Waals surface area contributed by atoms with E-state index in [2.05, 4.69) is 20.4 Å². The fourth-order valence-electron chi connectivity index (χ4n) is 3.95. The van der Waals surface area contributed by atoms with Gasteiger partial charge >= 0.3 is 12.1 Å². The molecule has 4 rings (SSSR count). The van der Waals surface area contributed by atoms with Crippen LogP contribution in [-0.2, 0) is 9.59 Å².